The maximum Gasteiger partial charge on any atom is 0.279 e. The van der Waals surface area contributed by atoms with Crippen molar-refractivity contribution in [3.8, 4) is 0 Å². The quantitative estimate of drug-likeness (QED) is 0.779. The largest absolute Gasteiger partial charge is 0.327 e. The molecule has 0 radical (unpaired) electrons. The van der Waals surface area contributed by atoms with Gasteiger partial charge in [0, 0.05) is 21.1 Å². The summed E-state index contributed by atoms with van der Waals surface area (Å²) in [6.45, 7) is 7.38. The van der Waals surface area contributed by atoms with Crippen LogP contribution in [0, 0.1) is 15.4 Å². The number of piperidine rings is 1. The van der Waals surface area contributed by atoms with E-state index >= 15 is 0 Å². The molecule has 3 nitrogen and oxygen atoms in total. The summed E-state index contributed by atoms with van der Waals surface area (Å²) in [6, 6.07) is 7.93. The molecule has 1 aliphatic heterocycles. The second kappa shape index (κ2) is 6.70. The number of quaternary nitrogens is 1. The molecule has 0 saturated carbocycles. The van der Waals surface area contributed by atoms with E-state index in [0.717, 1.165) is 34.2 Å². The molecule has 2 N–H and O–H groups in total. The number of hydrogen-bond donors (Lipinski definition) is 2. The van der Waals surface area contributed by atoms with Crippen LogP contribution in [0.2, 0.25) is 0 Å². The van der Waals surface area contributed by atoms with E-state index in [-0.39, 0.29) is 5.91 Å². The van der Waals surface area contributed by atoms with E-state index < -0.39 is 0 Å². The SMILES string of the molecule is C[C@@H]1C[C@@H](C)C[NH+](CC(=O)Nc2cccc(I)c2)C1. The van der Waals surface area contributed by atoms with Crippen molar-refractivity contribution in [2.24, 2.45) is 11.8 Å². The van der Waals surface area contributed by atoms with Crippen LogP contribution in [0.4, 0.5) is 5.69 Å². The van der Waals surface area contributed by atoms with Crippen LogP contribution in [0.3, 0.4) is 0 Å². The predicted molar refractivity (Wildman–Crippen MR) is 86.3 cm³/mol. The van der Waals surface area contributed by atoms with Gasteiger partial charge in [-0.25, -0.2) is 0 Å². The van der Waals surface area contributed by atoms with E-state index in [4.69, 9.17) is 0 Å². The minimum absolute atomic E-state index is 0.123. The van der Waals surface area contributed by atoms with Crippen LogP contribution in [0.15, 0.2) is 24.3 Å². The number of rotatable bonds is 3. The van der Waals surface area contributed by atoms with Gasteiger partial charge in [-0.05, 0) is 47.2 Å². The van der Waals surface area contributed by atoms with Crippen molar-refractivity contribution in [3.63, 3.8) is 0 Å². The number of halogens is 1. The summed E-state index contributed by atoms with van der Waals surface area (Å²) in [5.41, 5.74) is 0.898. The highest BCUT2D eigenvalue weighted by molar-refractivity contribution is 14.1. The van der Waals surface area contributed by atoms with Gasteiger partial charge in [0.15, 0.2) is 6.54 Å². The Hall–Kier alpha value is -0.620. The van der Waals surface area contributed by atoms with Gasteiger partial charge in [0.1, 0.15) is 0 Å². The molecule has 0 aliphatic carbocycles. The van der Waals surface area contributed by atoms with Crippen molar-refractivity contribution in [1.82, 2.24) is 0 Å². The number of carbonyl (C=O) groups is 1. The van der Waals surface area contributed by atoms with Gasteiger partial charge >= 0.3 is 0 Å². The average molecular weight is 373 g/mol. The van der Waals surface area contributed by atoms with Crippen molar-refractivity contribution >= 4 is 34.2 Å². The molecule has 19 heavy (non-hydrogen) atoms. The third-order valence-corrected chi connectivity index (χ3v) is 4.27. The van der Waals surface area contributed by atoms with Crippen molar-refractivity contribution < 1.29 is 9.69 Å². The summed E-state index contributed by atoms with van der Waals surface area (Å²) in [5, 5.41) is 3.00. The van der Waals surface area contributed by atoms with Crippen molar-refractivity contribution in [2.75, 3.05) is 25.0 Å². The first-order valence-electron chi connectivity index (χ1n) is 6.92. The number of amides is 1. The van der Waals surface area contributed by atoms with Crippen molar-refractivity contribution in [2.45, 2.75) is 20.3 Å². The lowest BCUT2D eigenvalue weighted by Gasteiger charge is -2.31. The Balaban J connectivity index is 1.87. The molecule has 2 rings (SSSR count). The highest BCUT2D eigenvalue weighted by atomic mass is 127. The van der Waals surface area contributed by atoms with Gasteiger partial charge in [0.2, 0.25) is 0 Å². The maximum atomic E-state index is 12.1. The fourth-order valence-corrected chi connectivity index (χ4v) is 3.61. The van der Waals surface area contributed by atoms with E-state index in [2.05, 4.69) is 41.8 Å². The summed E-state index contributed by atoms with van der Waals surface area (Å²) in [6.07, 6.45) is 1.29. The van der Waals surface area contributed by atoms with Gasteiger partial charge in [0.25, 0.3) is 5.91 Å². The smallest absolute Gasteiger partial charge is 0.279 e. The number of nitrogens with one attached hydrogen (secondary N) is 2. The second-order valence-corrected chi connectivity index (χ2v) is 7.09. The van der Waals surface area contributed by atoms with Crippen LogP contribution in [-0.4, -0.2) is 25.5 Å². The highest BCUT2D eigenvalue weighted by Gasteiger charge is 2.26. The topological polar surface area (TPSA) is 33.5 Å². The number of benzene rings is 1. The van der Waals surface area contributed by atoms with Crippen LogP contribution >= 0.6 is 22.6 Å². The van der Waals surface area contributed by atoms with Crippen LogP contribution in [0.1, 0.15) is 20.3 Å². The molecule has 1 heterocycles. The first-order valence-corrected chi connectivity index (χ1v) is 8.00. The molecule has 1 saturated heterocycles. The summed E-state index contributed by atoms with van der Waals surface area (Å²) >= 11 is 2.26. The lowest BCUT2D eigenvalue weighted by molar-refractivity contribution is -0.904. The molecule has 1 aromatic rings. The molecule has 2 atom stereocenters. The molecule has 0 unspecified atom stereocenters. The van der Waals surface area contributed by atoms with Crippen LogP contribution in [0.25, 0.3) is 0 Å². The third-order valence-electron chi connectivity index (χ3n) is 3.60. The van der Waals surface area contributed by atoms with Crippen LogP contribution in [-0.2, 0) is 4.79 Å². The van der Waals surface area contributed by atoms with Gasteiger partial charge in [-0.2, -0.15) is 0 Å². The number of likely N-dealkylation sites (tertiary alicyclic amines) is 1. The molecule has 0 aromatic heterocycles. The predicted octanol–water partition coefficient (Wildman–Crippen LogP) is 1.79. The highest BCUT2D eigenvalue weighted by Crippen LogP contribution is 2.13. The van der Waals surface area contributed by atoms with Crippen LogP contribution in [0.5, 0.6) is 0 Å². The zero-order valence-electron chi connectivity index (χ0n) is 11.6. The molecule has 0 bridgehead atoms. The Morgan fingerprint density at radius 1 is 1.37 bits per heavy atom. The Bertz CT molecular complexity index is 440. The number of carbonyl (C=O) groups excluding carboxylic acids is 1. The summed E-state index contributed by atoms with van der Waals surface area (Å²) < 4.78 is 1.14. The molecule has 4 heteroatoms. The van der Waals surface area contributed by atoms with Gasteiger partial charge in [-0.3, -0.25) is 4.79 Å². The third kappa shape index (κ3) is 4.76. The van der Waals surface area contributed by atoms with E-state index in [1.807, 2.05) is 24.3 Å². The molecule has 1 aliphatic rings. The standard InChI is InChI=1S/C15H21IN2O/c1-11-6-12(2)9-18(8-11)10-15(19)17-14-5-3-4-13(16)7-14/h3-5,7,11-12H,6,8-10H2,1-2H3,(H,17,19)/p+1/t11-,12-/m1/s1. The first kappa shape index (κ1) is 14.8. The van der Waals surface area contributed by atoms with Gasteiger partial charge in [0.05, 0.1) is 13.1 Å². The normalized spacial score (nSPS) is 27.0. The average Bonchev–Trinajstić information content (AvgIpc) is 2.26. The first-order chi connectivity index (χ1) is 9.02. The van der Waals surface area contributed by atoms with E-state index in [9.17, 15) is 4.79 Å². The lowest BCUT2D eigenvalue weighted by atomic mass is 9.92. The molecule has 1 fully saturated rings. The Kier molecular flexibility index (Phi) is 5.21. The summed E-state index contributed by atoms with van der Waals surface area (Å²) in [5.74, 6) is 1.58. The summed E-state index contributed by atoms with van der Waals surface area (Å²) in [7, 11) is 0. The molecule has 104 valence electrons. The lowest BCUT2D eigenvalue weighted by Crippen LogP contribution is -3.15. The number of hydrogen-bond acceptors (Lipinski definition) is 1. The van der Waals surface area contributed by atoms with Crippen molar-refractivity contribution in [3.05, 3.63) is 27.8 Å². The molecule has 1 amide bonds. The van der Waals surface area contributed by atoms with Crippen LogP contribution < -0.4 is 10.2 Å². The minimum atomic E-state index is 0.123. The molecular formula is C15H22IN2O+. The molecular weight excluding hydrogens is 351 g/mol. The Labute approximate surface area is 128 Å². The van der Waals surface area contributed by atoms with E-state index in [0.29, 0.717) is 6.54 Å². The Morgan fingerprint density at radius 2 is 2.05 bits per heavy atom. The zero-order chi connectivity index (χ0) is 13.8. The minimum Gasteiger partial charge on any atom is -0.327 e. The maximum absolute atomic E-state index is 12.1. The fourth-order valence-electron chi connectivity index (χ4n) is 3.07. The van der Waals surface area contributed by atoms with Crippen molar-refractivity contribution in [1.29, 1.82) is 0 Å². The second-order valence-electron chi connectivity index (χ2n) is 5.84. The molecule has 1 aromatic carbocycles. The van der Waals surface area contributed by atoms with Gasteiger partial charge < -0.3 is 10.2 Å². The van der Waals surface area contributed by atoms with Gasteiger partial charge in [-0.15, -0.1) is 0 Å². The molecule has 0 spiro atoms. The number of anilines is 1. The van der Waals surface area contributed by atoms with E-state index in [1.165, 1.54) is 11.3 Å². The fraction of sp³-hybridized carbons (Fsp3) is 0.533. The van der Waals surface area contributed by atoms with E-state index in [1.54, 1.807) is 0 Å². The zero-order valence-corrected chi connectivity index (χ0v) is 13.7. The summed E-state index contributed by atoms with van der Waals surface area (Å²) in [4.78, 5) is 13.5. The van der Waals surface area contributed by atoms with Gasteiger partial charge in [-0.1, -0.05) is 19.9 Å². The monoisotopic (exact) mass is 373 g/mol. The Morgan fingerprint density at radius 3 is 2.68 bits per heavy atom.